The smallest absolute Gasteiger partial charge is 0.115 e. The molecule has 0 aromatic heterocycles. The lowest BCUT2D eigenvalue weighted by Gasteiger charge is -2.12. The van der Waals surface area contributed by atoms with Crippen LogP contribution in [0.25, 0.3) is 0 Å². The molecule has 0 spiro atoms. The van der Waals surface area contributed by atoms with Gasteiger partial charge in [-0.1, -0.05) is 81.0 Å². The number of aliphatic hydroxyl groups is 1. The molecule has 0 radical (unpaired) electrons. The number of hydrogen-bond acceptors (Lipinski definition) is 3. The minimum atomic E-state index is -0.446. The lowest BCUT2D eigenvalue weighted by Crippen LogP contribution is -2.30. The molecule has 0 amide bonds. The van der Waals surface area contributed by atoms with Crippen LogP contribution in [0.1, 0.15) is 68.9 Å². The van der Waals surface area contributed by atoms with Crippen molar-refractivity contribution < 1.29 is 10.2 Å². The second-order valence-electron chi connectivity index (χ2n) is 7.74. The van der Waals surface area contributed by atoms with E-state index >= 15 is 0 Å². The third-order valence-electron chi connectivity index (χ3n) is 5.26. The van der Waals surface area contributed by atoms with E-state index in [4.69, 9.17) is 0 Å². The molecule has 154 valence electrons. The van der Waals surface area contributed by atoms with E-state index in [9.17, 15) is 10.2 Å². The van der Waals surface area contributed by atoms with Gasteiger partial charge in [-0.15, -0.1) is 0 Å². The number of benzene rings is 2. The Morgan fingerprint density at radius 3 is 1.89 bits per heavy atom. The molecule has 0 saturated carbocycles. The van der Waals surface area contributed by atoms with Gasteiger partial charge >= 0.3 is 0 Å². The first-order valence-corrected chi connectivity index (χ1v) is 11.0. The quantitative estimate of drug-likeness (QED) is 0.277. The SMILES string of the molecule is Oc1ccc(CC[C@H](O)NCCCCCCCCCCc2ccccc2)cc1. The molecule has 0 saturated heterocycles. The van der Waals surface area contributed by atoms with Gasteiger partial charge in [0.15, 0.2) is 0 Å². The van der Waals surface area contributed by atoms with Crippen LogP contribution in [-0.4, -0.2) is 23.0 Å². The summed E-state index contributed by atoms with van der Waals surface area (Å²) in [4.78, 5) is 0. The van der Waals surface area contributed by atoms with E-state index in [1.54, 1.807) is 12.1 Å². The van der Waals surface area contributed by atoms with Crippen LogP contribution in [0.4, 0.5) is 0 Å². The molecule has 28 heavy (non-hydrogen) atoms. The Morgan fingerprint density at radius 1 is 0.643 bits per heavy atom. The Balaban J connectivity index is 1.35. The molecule has 0 aliphatic carbocycles. The molecule has 0 aliphatic rings. The first-order valence-electron chi connectivity index (χ1n) is 11.0. The summed E-state index contributed by atoms with van der Waals surface area (Å²) in [5.74, 6) is 0.287. The number of phenolic OH excluding ortho intramolecular Hbond substituents is 1. The summed E-state index contributed by atoms with van der Waals surface area (Å²) < 4.78 is 0. The summed E-state index contributed by atoms with van der Waals surface area (Å²) in [5, 5.41) is 22.5. The first-order chi connectivity index (χ1) is 13.7. The standard InChI is InChI=1S/C25H37NO2/c27-24-18-15-23(16-19-24)17-20-25(28)26-21-11-6-4-2-1-3-5-8-12-22-13-9-7-10-14-22/h7,9-10,13-16,18-19,25-28H,1-6,8,11-12,17,20-21H2/t25-/m0/s1. The molecule has 0 aliphatic heterocycles. The van der Waals surface area contributed by atoms with Crippen molar-refractivity contribution in [3.63, 3.8) is 0 Å². The average molecular weight is 384 g/mol. The predicted molar refractivity (Wildman–Crippen MR) is 118 cm³/mol. The van der Waals surface area contributed by atoms with Crippen molar-refractivity contribution in [2.75, 3.05) is 6.54 Å². The largest absolute Gasteiger partial charge is 0.508 e. The van der Waals surface area contributed by atoms with E-state index in [1.165, 1.54) is 56.9 Å². The van der Waals surface area contributed by atoms with Crippen LogP contribution in [0.15, 0.2) is 54.6 Å². The fourth-order valence-corrected chi connectivity index (χ4v) is 3.50. The molecule has 0 fully saturated rings. The topological polar surface area (TPSA) is 52.5 Å². The van der Waals surface area contributed by atoms with Gasteiger partial charge in [-0.2, -0.15) is 0 Å². The predicted octanol–water partition coefficient (Wildman–Crippen LogP) is 5.60. The monoisotopic (exact) mass is 383 g/mol. The molecule has 0 unspecified atom stereocenters. The van der Waals surface area contributed by atoms with Crippen LogP contribution < -0.4 is 5.32 Å². The second-order valence-corrected chi connectivity index (χ2v) is 7.74. The molecule has 2 rings (SSSR count). The van der Waals surface area contributed by atoms with E-state index in [0.29, 0.717) is 6.42 Å². The van der Waals surface area contributed by atoms with E-state index < -0.39 is 6.23 Å². The van der Waals surface area contributed by atoms with Gasteiger partial charge in [0, 0.05) is 0 Å². The van der Waals surface area contributed by atoms with Crippen molar-refractivity contribution in [3.8, 4) is 5.75 Å². The lowest BCUT2D eigenvalue weighted by atomic mass is 10.0. The third kappa shape index (κ3) is 10.5. The van der Waals surface area contributed by atoms with E-state index in [1.807, 2.05) is 12.1 Å². The van der Waals surface area contributed by atoms with Crippen molar-refractivity contribution in [1.29, 1.82) is 0 Å². The Bertz CT molecular complexity index is 612. The molecule has 0 bridgehead atoms. The fraction of sp³-hybridized carbons (Fsp3) is 0.520. The molecule has 3 nitrogen and oxygen atoms in total. The summed E-state index contributed by atoms with van der Waals surface area (Å²) in [7, 11) is 0. The highest BCUT2D eigenvalue weighted by Crippen LogP contribution is 2.12. The Morgan fingerprint density at radius 2 is 1.21 bits per heavy atom. The van der Waals surface area contributed by atoms with Gasteiger partial charge in [0.1, 0.15) is 12.0 Å². The van der Waals surface area contributed by atoms with Crippen LogP contribution >= 0.6 is 0 Å². The highest BCUT2D eigenvalue weighted by molar-refractivity contribution is 5.25. The van der Waals surface area contributed by atoms with Gasteiger partial charge in [-0.3, -0.25) is 5.32 Å². The average Bonchev–Trinajstić information content (AvgIpc) is 2.72. The number of aryl methyl sites for hydroxylation is 2. The number of aromatic hydroxyl groups is 1. The van der Waals surface area contributed by atoms with Gasteiger partial charge in [0.05, 0.1) is 0 Å². The van der Waals surface area contributed by atoms with E-state index in [-0.39, 0.29) is 5.75 Å². The van der Waals surface area contributed by atoms with Crippen LogP contribution in [0.3, 0.4) is 0 Å². The first kappa shape index (κ1) is 22.4. The molecule has 2 aromatic rings. The summed E-state index contributed by atoms with van der Waals surface area (Å²) >= 11 is 0. The van der Waals surface area contributed by atoms with Crippen molar-refractivity contribution in [3.05, 3.63) is 65.7 Å². The number of rotatable bonds is 15. The highest BCUT2D eigenvalue weighted by Gasteiger charge is 2.03. The number of unbranched alkanes of at least 4 members (excludes halogenated alkanes) is 7. The lowest BCUT2D eigenvalue weighted by molar-refractivity contribution is 0.127. The van der Waals surface area contributed by atoms with Crippen LogP contribution in [0.2, 0.25) is 0 Å². The summed E-state index contributed by atoms with van der Waals surface area (Å²) in [6.07, 6.45) is 12.6. The molecular weight excluding hydrogens is 346 g/mol. The number of phenols is 1. The zero-order valence-corrected chi connectivity index (χ0v) is 17.2. The highest BCUT2D eigenvalue weighted by atomic mass is 16.3. The van der Waals surface area contributed by atoms with Crippen molar-refractivity contribution in [2.24, 2.45) is 0 Å². The Hall–Kier alpha value is -1.84. The molecule has 3 heteroatoms. The molecule has 0 heterocycles. The third-order valence-corrected chi connectivity index (χ3v) is 5.26. The fourth-order valence-electron chi connectivity index (χ4n) is 3.50. The Labute approximate surface area is 170 Å². The number of nitrogens with one attached hydrogen (secondary N) is 1. The maximum Gasteiger partial charge on any atom is 0.115 e. The molecular formula is C25H37NO2. The zero-order chi connectivity index (χ0) is 19.9. The van der Waals surface area contributed by atoms with Gasteiger partial charge < -0.3 is 10.2 Å². The summed E-state index contributed by atoms with van der Waals surface area (Å²) in [5.41, 5.74) is 2.60. The summed E-state index contributed by atoms with van der Waals surface area (Å²) in [6.45, 7) is 0.883. The second kappa shape index (κ2) is 14.2. The maximum absolute atomic E-state index is 10.0. The number of hydrogen-bond donors (Lipinski definition) is 3. The van der Waals surface area contributed by atoms with Gasteiger partial charge in [0.2, 0.25) is 0 Å². The maximum atomic E-state index is 10.0. The van der Waals surface area contributed by atoms with Gasteiger partial charge in [0.25, 0.3) is 0 Å². The molecule has 1 atom stereocenters. The van der Waals surface area contributed by atoms with Crippen LogP contribution in [0.5, 0.6) is 5.75 Å². The molecule has 3 N–H and O–H groups in total. The molecule has 2 aromatic carbocycles. The minimum absolute atomic E-state index is 0.287. The van der Waals surface area contributed by atoms with Crippen molar-refractivity contribution in [1.82, 2.24) is 5.32 Å². The van der Waals surface area contributed by atoms with Crippen LogP contribution in [-0.2, 0) is 12.8 Å². The zero-order valence-electron chi connectivity index (χ0n) is 17.2. The van der Waals surface area contributed by atoms with Gasteiger partial charge in [-0.25, -0.2) is 0 Å². The van der Waals surface area contributed by atoms with E-state index in [2.05, 4.69) is 35.6 Å². The number of aliphatic hydroxyl groups excluding tert-OH is 1. The van der Waals surface area contributed by atoms with Crippen LogP contribution in [0, 0.1) is 0 Å². The van der Waals surface area contributed by atoms with Gasteiger partial charge in [-0.05, 0) is 61.9 Å². The normalized spacial score (nSPS) is 12.2. The van der Waals surface area contributed by atoms with Crippen molar-refractivity contribution >= 4 is 0 Å². The minimum Gasteiger partial charge on any atom is -0.508 e. The Kier molecular flexibility index (Phi) is 11.4. The van der Waals surface area contributed by atoms with E-state index in [0.717, 1.165) is 24.9 Å². The van der Waals surface area contributed by atoms with Crippen molar-refractivity contribution in [2.45, 2.75) is 76.9 Å². The summed E-state index contributed by atoms with van der Waals surface area (Å²) in [6, 6.07) is 18.0.